The number of rotatable bonds is 5. The fourth-order valence-corrected chi connectivity index (χ4v) is 3.10. The molecule has 0 bridgehead atoms. The van der Waals surface area contributed by atoms with Crippen LogP contribution in [-0.2, 0) is 4.79 Å². The highest BCUT2D eigenvalue weighted by Gasteiger charge is 2.49. The van der Waals surface area contributed by atoms with Gasteiger partial charge in [-0.2, -0.15) is 0 Å². The third-order valence-corrected chi connectivity index (χ3v) is 4.66. The van der Waals surface area contributed by atoms with Crippen molar-refractivity contribution in [1.82, 2.24) is 9.88 Å². The first-order chi connectivity index (χ1) is 11.3. The van der Waals surface area contributed by atoms with Crippen molar-refractivity contribution < 1.29 is 19.8 Å². The van der Waals surface area contributed by atoms with Crippen LogP contribution in [0.15, 0.2) is 23.0 Å². The van der Waals surface area contributed by atoms with Gasteiger partial charge in [0.15, 0.2) is 0 Å². The molecular weight excluding hydrogens is 312 g/mol. The summed E-state index contributed by atoms with van der Waals surface area (Å²) < 4.78 is 0. The number of carboxylic acid groups (broad SMARTS) is 1. The number of aliphatic hydroxyl groups is 1. The van der Waals surface area contributed by atoms with Gasteiger partial charge >= 0.3 is 5.97 Å². The summed E-state index contributed by atoms with van der Waals surface area (Å²) in [6, 6.07) is 4.28. The van der Waals surface area contributed by atoms with Crippen molar-refractivity contribution in [3.8, 4) is 0 Å². The molecule has 24 heavy (non-hydrogen) atoms. The number of amides is 1. The van der Waals surface area contributed by atoms with E-state index in [1.807, 2.05) is 13.8 Å². The first kappa shape index (κ1) is 18.2. The van der Waals surface area contributed by atoms with Crippen LogP contribution in [0.3, 0.4) is 0 Å². The van der Waals surface area contributed by atoms with Crippen LogP contribution in [-0.4, -0.2) is 51.2 Å². The molecule has 1 aromatic heterocycles. The van der Waals surface area contributed by atoms with Crippen LogP contribution in [0.5, 0.6) is 0 Å². The Morgan fingerprint density at radius 1 is 1.42 bits per heavy atom. The van der Waals surface area contributed by atoms with Crippen LogP contribution in [0.4, 0.5) is 0 Å². The van der Waals surface area contributed by atoms with E-state index in [2.05, 4.69) is 4.98 Å². The Morgan fingerprint density at radius 2 is 2.12 bits per heavy atom. The lowest BCUT2D eigenvalue weighted by molar-refractivity contribution is -0.163. The molecule has 7 nitrogen and oxygen atoms in total. The molecule has 2 atom stereocenters. The van der Waals surface area contributed by atoms with Crippen LogP contribution >= 0.6 is 0 Å². The fourth-order valence-electron chi connectivity index (χ4n) is 3.10. The average Bonchev–Trinajstić information content (AvgIpc) is 2.53. The van der Waals surface area contributed by atoms with E-state index in [-0.39, 0.29) is 30.8 Å². The van der Waals surface area contributed by atoms with E-state index in [1.54, 1.807) is 0 Å². The number of aromatic nitrogens is 1. The normalized spacial score (nSPS) is 24.2. The zero-order chi connectivity index (χ0) is 17.9. The molecule has 1 aliphatic rings. The lowest BCUT2D eigenvalue weighted by Crippen LogP contribution is -2.57. The van der Waals surface area contributed by atoms with Crippen LogP contribution < -0.4 is 5.56 Å². The molecule has 132 valence electrons. The third kappa shape index (κ3) is 3.67. The number of pyridine rings is 1. The maximum absolute atomic E-state index is 12.6. The second-order valence-electron chi connectivity index (χ2n) is 6.85. The Morgan fingerprint density at radius 3 is 2.71 bits per heavy atom. The number of nitrogens with one attached hydrogen (secondary N) is 1. The van der Waals surface area contributed by atoms with Gasteiger partial charge in [-0.3, -0.25) is 14.4 Å². The highest BCUT2D eigenvalue weighted by Crippen LogP contribution is 2.37. The zero-order valence-electron chi connectivity index (χ0n) is 14.0. The van der Waals surface area contributed by atoms with Gasteiger partial charge in [-0.15, -0.1) is 0 Å². The number of aromatic amines is 1. The largest absolute Gasteiger partial charge is 0.481 e. The number of nitrogens with zero attached hydrogens (tertiary/aromatic N) is 1. The van der Waals surface area contributed by atoms with Gasteiger partial charge in [-0.05, 0) is 31.2 Å². The van der Waals surface area contributed by atoms with Gasteiger partial charge in [0.1, 0.15) is 11.1 Å². The smallest absolute Gasteiger partial charge is 0.314 e. The summed E-state index contributed by atoms with van der Waals surface area (Å²) in [6.07, 6.45) is 0.157. The Hall–Kier alpha value is -2.15. The van der Waals surface area contributed by atoms with Crippen molar-refractivity contribution in [3.05, 3.63) is 34.2 Å². The third-order valence-electron chi connectivity index (χ3n) is 4.66. The lowest BCUT2D eigenvalue weighted by Gasteiger charge is -2.43. The molecule has 2 rings (SSSR count). The van der Waals surface area contributed by atoms with Crippen molar-refractivity contribution in [2.45, 2.75) is 39.2 Å². The molecule has 0 aliphatic carbocycles. The highest BCUT2D eigenvalue weighted by molar-refractivity contribution is 5.93. The van der Waals surface area contributed by atoms with Crippen molar-refractivity contribution in [2.75, 3.05) is 13.1 Å². The Bertz CT molecular complexity index is 669. The van der Waals surface area contributed by atoms with Gasteiger partial charge in [0.05, 0.1) is 6.10 Å². The Balaban J connectivity index is 2.26. The predicted octanol–water partition coefficient (Wildman–Crippen LogP) is 1.09. The number of aliphatic carboxylic acids is 1. The molecule has 1 aliphatic heterocycles. The molecule has 3 N–H and O–H groups in total. The zero-order valence-corrected chi connectivity index (χ0v) is 14.0. The van der Waals surface area contributed by atoms with E-state index in [4.69, 9.17) is 0 Å². The molecule has 0 spiro atoms. The summed E-state index contributed by atoms with van der Waals surface area (Å²) in [6.45, 7) is 4.17. The number of piperidine rings is 1. The van der Waals surface area contributed by atoms with Gasteiger partial charge in [-0.25, -0.2) is 0 Å². The maximum atomic E-state index is 12.6. The van der Waals surface area contributed by atoms with Crippen molar-refractivity contribution in [3.63, 3.8) is 0 Å². The van der Waals surface area contributed by atoms with Crippen LogP contribution in [0.2, 0.25) is 0 Å². The van der Waals surface area contributed by atoms with E-state index in [9.17, 15) is 24.6 Å². The first-order valence-corrected chi connectivity index (χ1v) is 8.16. The molecule has 1 fully saturated rings. The molecule has 1 saturated heterocycles. The second-order valence-corrected chi connectivity index (χ2v) is 6.85. The second kappa shape index (κ2) is 7.17. The summed E-state index contributed by atoms with van der Waals surface area (Å²) >= 11 is 0. The number of carbonyl (C=O) groups excluding carboxylic acids is 1. The molecule has 2 heterocycles. The molecule has 1 aromatic rings. The van der Waals surface area contributed by atoms with E-state index in [0.29, 0.717) is 18.8 Å². The number of hydrogen-bond donors (Lipinski definition) is 3. The molecule has 0 saturated carbocycles. The van der Waals surface area contributed by atoms with Crippen molar-refractivity contribution >= 4 is 11.9 Å². The van der Waals surface area contributed by atoms with Gasteiger partial charge < -0.3 is 20.1 Å². The lowest BCUT2D eigenvalue weighted by atomic mass is 9.72. The van der Waals surface area contributed by atoms with Gasteiger partial charge in [0.25, 0.3) is 5.91 Å². The molecule has 0 aromatic carbocycles. The number of aliphatic hydroxyl groups excluding tert-OH is 1. The number of carbonyl (C=O) groups is 2. The van der Waals surface area contributed by atoms with E-state index in [0.717, 1.165) is 0 Å². The maximum Gasteiger partial charge on any atom is 0.314 e. The minimum atomic E-state index is -1.37. The minimum absolute atomic E-state index is 0.0635. The van der Waals surface area contributed by atoms with Gasteiger partial charge in [-0.1, -0.05) is 19.9 Å². The highest BCUT2D eigenvalue weighted by atomic mass is 16.4. The molecule has 0 radical (unpaired) electrons. The number of H-pyrrole nitrogens is 1. The Kier molecular flexibility index (Phi) is 5.43. The molecule has 1 amide bonds. The number of hydrogen-bond acceptors (Lipinski definition) is 4. The number of carboxylic acids is 1. The van der Waals surface area contributed by atoms with E-state index < -0.39 is 23.4 Å². The Labute approximate surface area is 140 Å². The van der Waals surface area contributed by atoms with Gasteiger partial charge in [0, 0.05) is 19.2 Å². The van der Waals surface area contributed by atoms with Gasteiger partial charge in [0.2, 0.25) is 5.56 Å². The van der Waals surface area contributed by atoms with Crippen LogP contribution in [0.25, 0.3) is 0 Å². The molecule has 7 heteroatoms. The van der Waals surface area contributed by atoms with Crippen molar-refractivity contribution in [1.29, 1.82) is 0 Å². The topological polar surface area (TPSA) is 111 Å². The monoisotopic (exact) mass is 336 g/mol. The fraction of sp³-hybridized carbons (Fsp3) is 0.588. The van der Waals surface area contributed by atoms with Crippen LogP contribution in [0.1, 0.15) is 43.6 Å². The first-order valence-electron chi connectivity index (χ1n) is 8.16. The quantitative estimate of drug-likeness (QED) is 0.745. The summed E-state index contributed by atoms with van der Waals surface area (Å²) in [5.41, 5.74) is -1.63. The average molecular weight is 336 g/mol. The van der Waals surface area contributed by atoms with E-state index >= 15 is 0 Å². The van der Waals surface area contributed by atoms with Crippen molar-refractivity contribution in [2.24, 2.45) is 11.3 Å². The summed E-state index contributed by atoms with van der Waals surface area (Å²) in [7, 11) is 0. The SMILES string of the molecule is CC(C)CC[C@@]1(C(=O)O)CN(C(=O)c2cccc(=O)[nH]2)CC[C@@H]1O. The predicted molar refractivity (Wildman–Crippen MR) is 87.7 cm³/mol. The van der Waals surface area contributed by atoms with Crippen LogP contribution in [0, 0.1) is 11.3 Å². The summed E-state index contributed by atoms with van der Waals surface area (Å²) in [5, 5.41) is 20.1. The standard InChI is InChI=1S/C17H24N2O5/c1-11(2)6-8-17(16(23)24)10-19(9-7-13(17)20)15(22)12-4-3-5-14(21)18-12/h3-5,11,13,20H,6-10H2,1-2H3,(H,18,21)(H,23,24)/t13-,17+/m0/s1. The van der Waals surface area contributed by atoms with E-state index in [1.165, 1.54) is 23.1 Å². The number of likely N-dealkylation sites (tertiary alicyclic amines) is 1. The minimum Gasteiger partial charge on any atom is -0.481 e. The summed E-state index contributed by atoms with van der Waals surface area (Å²) in [4.78, 5) is 39.7. The summed E-state index contributed by atoms with van der Waals surface area (Å²) in [5.74, 6) is -1.21. The molecular formula is C17H24N2O5. The molecule has 0 unspecified atom stereocenters.